The zero-order valence-corrected chi connectivity index (χ0v) is 24.1. The summed E-state index contributed by atoms with van der Waals surface area (Å²) >= 11 is 6.39. The lowest BCUT2D eigenvalue weighted by atomic mass is 9.68. The number of benzene rings is 2. The van der Waals surface area contributed by atoms with Gasteiger partial charge in [-0.2, -0.15) is 0 Å². The van der Waals surface area contributed by atoms with Gasteiger partial charge in [0, 0.05) is 44.6 Å². The monoisotopic (exact) mass is 570 g/mol. The number of ether oxygens (including phenoxy) is 1. The highest BCUT2D eigenvalue weighted by Crippen LogP contribution is 2.46. The molecule has 8 heteroatoms. The molecule has 1 saturated carbocycles. The van der Waals surface area contributed by atoms with Crippen LogP contribution in [-0.2, 0) is 21.5 Å². The highest BCUT2D eigenvalue weighted by Gasteiger charge is 2.43. The Morgan fingerprint density at radius 1 is 1.08 bits per heavy atom. The molecule has 39 heavy (non-hydrogen) atoms. The smallest absolute Gasteiger partial charge is 0.262 e. The summed E-state index contributed by atoms with van der Waals surface area (Å²) in [5.41, 5.74) is 3.84. The first-order valence-electron chi connectivity index (χ1n) is 14.4. The normalized spacial score (nSPS) is 33.1. The van der Waals surface area contributed by atoms with Crippen LogP contribution in [0.3, 0.4) is 0 Å². The van der Waals surface area contributed by atoms with Gasteiger partial charge in [-0.1, -0.05) is 17.7 Å². The van der Waals surface area contributed by atoms with Crippen LogP contribution in [0.2, 0.25) is 5.02 Å². The number of fused-ring (bicyclic) bond motifs is 4. The van der Waals surface area contributed by atoms with Crippen LogP contribution in [0.1, 0.15) is 72.9 Å². The minimum absolute atomic E-state index is 0.169. The van der Waals surface area contributed by atoms with Gasteiger partial charge in [0.25, 0.3) is 5.91 Å². The molecule has 1 amide bonds. The Hall–Kier alpha value is -2.22. The van der Waals surface area contributed by atoms with Crippen LogP contribution < -0.4 is 14.4 Å². The zero-order chi connectivity index (χ0) is 27.2. The predicted molar refractivity (Wildman–Crippen MR) is 159 cm³/mol. The molecule has 0 saturated heterocycles. The van der Waals surface area contributed by atoms with Crippen molar-refractivity contribution in [3.8, 4) is 5.75 Å². The van der Waals surface area contributed by atoms with Gasteiger partial charge in [-0.25, -0.2) is 4.21 Å². The second-order valence-corrected chi connectivity index (χ2v) is 14.9. The summed E-state index contributed by atoms with van der Waals surface area (Å²) in [5.74, 6) is 5.59. The molecule has 1 spiro atoms. The number of aliphatic hydroxyl groups is 1. The minimum Gasteiger partial charge on any atom is -0.490 e. The highest BCUT2D eigenvalue weighted by molar-refractivity contribution is 7.99. The standard InChI is InChI=1S/C31H39ClN2O4S/c1-39(37)15-3-5-26(35)11-8-21-6-7-24(21)18-34-19-31(14-2-4-22-16-25(32)10-12-27(22)31)20-38-29-13-9-23(17-28(29)34)30(36)33-39/h9-10,12-13,16-17,21,24,26,35H,1-8,11,14-15,18-20H2,(H,33,36,37)/t21-,24-,26+,31-,39?/m0/s1. The number of aliphatic hydroxyl groups excluding tert-OH is 1. The van der Waals surface area contributed by atoms with E-state index in [4.69, 9.17) is 16.3 Å². The number of halogens is 1. The molecule has 6 rings (SSSR count). The molecule has 2 aromatic rings. The van der Waals surface area contributed by atoms with Crippen molar-refractivity contribution in [2.24, 2.45) is 11.8 Å². The van der Waals surface area contributed by atoms with Crippen molar-refractivity contribution in [3.05, 3.63) is 58.1 Å². The molecule has 4 aliphatic rings. The van der Waals surface area contributed by atoms with Crippen LogP contribution in [-0.4, -0.2) is 52.6 Å². The van der Waals surface area contributed by atoms with Gasteiger partial charge in [-0.05, 0) is 117 Å². The fraction of sp³-hybridized carbons (Fsp3) is 0.548. The quantitative estimate of drug-likeness (QED) is 0.429. The number of carbonyl (C=O) groups is 1. The van der Waals surface area contributed by atoms with E-state index in [0.717, 1.165) is 61.7 Å². The summed E-state index contributed by atoms with van der Waals surface area (Å²) in [6, 6.07) is 11.8. The summed E-state index contributed by atoms with van der Waals surface area (Å²) in [7, 11) is -2.81. The molecule has 2 heterocycles. The van der Waals surface area contributed by atoms with E-state index in [1.54, 1.807) is 6.07 Å². The maximum Gasteiger partial charge on any atom is 0.262 e. The van der Waals surface area contributed by atoms with Crippen LogP contribution in [0, 0.1) is 11.8 Å². The van der Waals surface area contributed by atoms with Crippen LogP contribution >= 0.6 is 11.6 Å². The van der Waals surface area contributed by atoms with Gasteiger partial charge >= 0.3 is 0 Å². The van der Waals surface area contributed by atoms with Crippen molar-refractivity contribution in [1.29, 1.82) is 0 Å². The van der Waals surface area contributed by atoms with Crippen molar-refractivity contribution in [2.45, 2.75) is 69.3 Å². The Kier molecular flexibility index (Phi) is 7.36. The summed E-state index contributed by atoms with van der Waals surface area (Å²) in [6.07, 6.45) is 8.00. The second-order valence-electron chi connectivity index (χ2n) is 12.2. The summed E-state index contributed by atoms with van der Waals surface area (Å²) < 4.78 is 22.3. The number of carbonyl (C=O) groups excluding carboxylic acids is 1. The molecule has 0 aromatic heterocycles. The third kappa shape index (κ3) is 5.55. The molecule has 2 aromatic carbocycles. The number of aryl methyl sites for hydroxylation is 1. The van der Waals surface area contributed by atoms with E-state index >= 15 is 0 Å². The second kappa shape index (κ2) is 10.6. The molecule has 5 atom stereocenters. The topological polar surface area (TPSA) is 78.9 Å². The van der Waals surface area contributed by atoms with E-state index in [0.29, 0.717) is 36.8 Å². The molecule has 1 fully saturated rings. The number of anilines is 1. The summed E-state index contributed by atoms with van der Waals surface area (Å²) in [4.78, 5) is 15.7. The van der Waals surface area contributed by atoms with E-state index in [2.05, 4.69) is 27.6 Å². The van der Waals surface area contributed by atoms with E-state index in [9.17, 15) is 14.1 Å². The molecule has 2 aliphatic heterocycles. The maximum absolute atomic E-state index is 13.2. The van der Waals surface area contributed by atoms with Gasteiger partial charge in [0.15, 0.2) is 0 Å². The average molecular weight is 571 g/mol. The Balaban J connectivity index is 1.39. The SMILES string of the molecule is C=S1(=O)CCC[C@@H](O)CC[C@@H]2CC[C@H]2CN2C[C@@]3(CCCc4cc(Cl)ccc43)COc3ccc(cc32)C(=O)N1. The molecular formula is C31H39ClN2O4S. The number of hydrogen-bond donors (Lipinski definition) is 2. The first-order chi connectivity index (χ1) is 18.7. The van der Waals surface area contributed by atoms with E-state index < -0.39 is 15.8 Å². The molecule has 210 valence electrons. The van der Waals surface area contributed by atoms with Gasteiger partial charge < -0.3 is 14.7 Å². The first kappa shape index (κ1) is 27.0. The van der Waals surface area contributed by atoms with E-state index in [1.807, 2.05) is 18.2 Å². The maximum atomic E-state index is 13.2. The lowest BCUT2D eigenvalue weighted by molar-refractivity contribution is 0.0982. The predicted octanol–water partition coefficient (Wildman–Crippen LogP) is 5.14. The van der Waals surface area contributed by atoms with Gasteiger partial charge in [-0.15, -0.1) is 0 Å². The molecular weight excluding hydrogens is 532 g/mol. The first-order valence-corrected chi connectivity index (χ1v) is 16.6. The number of rotatable bonds is 0. The Morgan fingerprint density at radius 3 is 2.72 bits per heavy atom. The van der Waals surface area contributed by atoms with Gasteiger partial charge in [0.05, 0.1) is 18.4 Å². The van der Waals surface area contributed by atoms with Crippen molar-refractivity contribution < 1.29 is 18.8 Å². The molecule has 0 radical (unpaired) electrons. The summed E-state index contributed by atoms with van der Waals surface area (Å²) in [5, 5.41) is 11.4. The Bertz CT molecular complexity index is 1360. The Morgan fingerprint density at radius 2 is 1.90 bits per heavy atom. The molecule has 2 aliphatic carbocycles. The minimum atomic E-state index is -2.81. The van der Waals surface area contributed by atoms with Crippen LogP contribution in [0.25, 0.3) is 0 Å². The number of amides is 1. The zero-order valence-electron chi connectivity index (χ0n) is 22.5. The molecule has 1 unspecified atom stereocenters. The van der Waals surface area contributed by atoms with Crippen LogP contribution in [0.5, 0.6) is 5.75 Å². The lowest BCUT2D eigenvalue weighted by Crippen LogP contribution is -2.48. The largest absolute Gasteiger partial charge is 0.490 e. The fourth-order valence-electron chi connectivity index (χ4n) is 7.18. The number of nitrogens with zero attached hydrogens (tertiary/aromatic N) is 1. The molecule has 2 N–H and O–H groups in total. The number of hydrogen-bond acceptors (Lipinski definition) is 5. The van der Waals surface area contributed by atoms with E-state index in [1.165, 1.54) is 24.0 Å². The van der Waals surface area contributed by atoms with Crippen molar-refractivity contribution in [3.63, 3.8) is 0 Å². The third-order valence-corrected chi connectivity index (χ3v) is 11.2. The number of nitrogens with one attached hydrogen (secondary N) is 1. The van der Waals surface area contributed by atoms with Crippen LogP contribution in [0.15, 0.2) is 36.4 Å². The van der Waals surface area contributed by atoms with Crippen LogP contribution in [0.4, 0.5) is 5.69 Å². The van der Waals surface area contributed by atoms with Gasteiger partial charge in [-0.3, -0.25) is 9.52 Å². The van der Waals surface area contributed by atoms with Crippen molar-refractivity contribution in [2.75, 3.05) is 30.3 Å². The lowest BCUT2D eigenvalue weighted by Gasteiger charge is -2.45. The Labute approximate surface area is 237 Å². The molecule has 2 bridgehead atoms. The highest BCUT2D eigenvalue weighted by atomic mass is 35.5. The van der Waals surface area contributed by atoms with E-state index in [-0.39, 0.29) is 17.1 Å². The fourth-order valence-corrected chi connectivity index (χ4v) is 8.56. The van der Waals surface area contributed by atoms with Crippen molar-refractivity contribution in [1.82, 2.24) is 4.72 Å². The van der Waals surface area contributed by atoms with Gasteiger partial charge in [0.2, 0.25) is 0 Å². The van der Waals surface area contributed by atoms with Gasteiger partial charge in [0.1, 0.15) is 5.75 Å². The van der Waals surface area contributed by atoms with Crippen molar-refractivity contribution >= 4 is 38.8 Å². The summed E-state index contributed by atoms with van der Waals surface area (Å²) in [6.45, 7) is 2.26. The molecule has 6 nitrogen and oxygen atoms in total. The average Bonchev–Trinajstić information content (AvgIpc) is 3.03. The third-order valence-electron chi connectivity index (χ3n) is 9.49.